The van der Waals surface area contributed by atoms with Gasteiger partial charge in [0.2, 0.25) is 5.79 Å². The molecule has 0 saturated carbocycles. The molecule has 1 amide bonds. The summed E-state index contributed by atoms with van der Waals surface area (Å²) in [6.45, 7) is 0. The van der Waals surface area contributed by atoms with Crippen molar-refractivity contribution in [3.63, 3.8) is 0 Å². The molecule has 0 aliphatic heterocycles. The SMILES string of the molecule is COC(CCc1cccnc1)(ONC(=O)c1ccccc1)c1c(Cl)cncc1Cl. The molecule has 0 spiro atoms. The second-order valence-electron chi connectivity index (χ2n) is 6.20. The van der Waals surface area contributed by atoms with Crippen LogP contribution < -0.4 is 5.48 Å². The Hall–Kier alpha value is -2.51. The quantitative estimate of drug-likeness (QED) is 0.417. The van der Waals surface area contributed by atoms with E-state index in [1.54, 1.807) is 36.7 Å². The monoisotopic (exact) mass is 431 g/mol. The zero-order chi connectivity index (χ0) is 20.7. The summed E-state index contributed by atoms with van der Waals surface area (Å²) < 4.78 is 5.74. The van der Waals surface area contributed by atoms with Gasteiger partial charge in [-0.3, -0.25) is 14.8 Å². The van der Waals surface area contributed by atoms with Crippen molar-refractivity contribution < 1.29 is 14.4 Å². The van der Waals surface area contributed by atoms with Crippen molar-refractivity contribution in [2.24, 2.45) is 0 Å². The molecule has 2 aromatic heterocycles. The highest BCUT2D eigenvalue weighted by atomic mass is 35.5. The minimum absolute atomic E-state index is 0.263. The third-order valence-corrected chi connectivity index (χ3v) is 4.95. The van der Waals surface area contributed by atoms with Crippen LogP contribution in [0.3, 0.4) is 0 Å². The second kappa shape index (κ2) is 9.80. The first-order valence-corrected chi connectivity index (χ1v) is 9.58. The number of halogens is 2. The molecule has 2 heterocycles. The minimum atomic E-state index is -1.43. The lowest BCUT2D eigenvalue weighted by molar-refractivity contribution is -0.259. The average Bonchev–Trinajstić information content (AvgIpc) is 2.76. The number of nitrogens with one attached hydrogen (secondary N) is 1. The summed E-state index contributed by atoms with van der Waals surface area (Å²) in [6.07, 6.45) is 7.19. The highest BCUT2D eigenvalue weighted by molar-refractivity contribution is 6.35. The van der Waals surface area contributed by atoms with Gasteiger partial charge in [0.25, 0.3) is 5.91 Å². The van der Waals surface area contributed by atoms with Gasteiger partial charge in [0.1, 0.15) is 0 Å². The van der Waals surface area contributed by atoms with Crippen molar-refractivity contribution >= 4 is 29.1 Å². The van der Waals surface area contributed by atoms with Crippen LogP contribution in [0.1, 0.15) is 27.9 Å². The number of aryl methyl sites for hydroxylation is 1. The zero-order valence-electron chi connectivity index (χ0n) is 15.6. The Labute approximate surface area is 178 Å². The van der Waals surface area contributed by atoms with Gasteiger partial charge in [-0.1, -0.05) is 47.5 Å². The third kappa shape index (κ3) is 5.10. The number of hydrogen-bond acceptors (Lipinski definition) is 5. The van der Waals surface area contributed by atoms with Gasteiger partial charge >= 0.3 is 0 Å². The van der Waals surface area contributed by atoms with Gasteiger partial charge in [-0.2, -0.15) is 0 Å². The van der Waals surface area contributed by atoms with E-state index in [0.29, 0.717) is 24.0 Å². The third-order valence-electron chi connectivity index (χ3n) is 4.37. The number of hydrogen-bond donors (Lipinski definition) is 1. The molecule has 6 nitrogen and oxygen atoms in total. The molecular weight excluding hydrogens is 413 g/mol. The number of pyridine rings is 2. The molecule has 1 unspecified atom stereocenters. The molecule has 3 rings (SSSR count). The van der Waals surface area contributed by atoms with Crippen molar-refractivity contribution in [3.05, 3.63) is 94.0 Å². The predicted molar refractivity (Wildman–Crippen MR) is 110 cm³/mol. The Balaban J connectivity index is 1.90. The van der Waals surface area contributed by atoms with Crippen LogP contribution >= 0.6 is 23.2 Å². The zero-order valence-corrected chi connectivity index (χ0v) is 17.2. The predicted octanol–water partition coefficient (Wildman–Crippen LogP) is 4.58. The summed E-state index contributed by atoms with van der Waals surface area (Å²) in [6, 6.07) is 12.5. The van der Waals surface area contributed by atoms with E-state index in [9.17, 15) is 4.79 Å². The Morgan fingerprint density at radius 1 is 1.03 bits per heavy atom. The van der Waals surface area contributed by atoms with E-state index < -0.39 is 11.7 Å². The Morgan fingerprint density at radius 3 is 2.38 bits per heavy atom. The van der Waals surface area contributed by atoms with Crippen molar-refractivity contribution in [3.8, 4) is 0 Å². The van der Waals surface area contributed by atoms with Gasteiger partial charge in [0, 0.05) is 43.9 Å². The van der Waals surface area contributed by atoms with Gasteiger partial charge in [-0.25, -0.2) is 10.3 Å². The van der Waals surface area contributed by atoms with Crippen LogP contribution in [0.15, 0.2) is 67.3 Å². The number of nitrogens with zero attached hydrogens (tertiary/aromatic N) is 2. The number of benzene rings is 1. The standard InChI is InChI=1S/C21H19Cl2N3O3/c1-28-21(10-9-15-6-5-11-24-12-15,19-17(22)13-25-14-18(19)23)29-26-20(27)16-7-3-2-4-8-16/h2-8,11-14H,9-10H2,1H3,(H,26,27). The van der Waals surface area contributed by atoms with E-state index in [1.807, 2.05) is 18.2 Å². The van der Waals surface area contributed by atoms with Gasteiger partial charge in [-0.05, 0) is 30.2 Å². The summed E-state index contributed by atoms with van der Waals surface area (Å²) in [5.41, 5.74) is 4.25. The largest absolute Gasteiger partial charge is 0.347 e. The van der Waals surface area contributed by atoms with E-state index in [-0.39, 0.29) is 10.0 Å². The topological polar surface area (TPSA) is 73.3 Å². The molecule has 0 saturated heterocycles. The number of amides is 1. The lowest BCUT2D eigenvalue weighted by atomic mass is 9.99. The number of hydroxylamine groups is 1. The van der Waals surface area contributed by atoms with Gasteiger partial charge in [0.05, 0.1) is 15.6 Å². The second-order valence-corrected chi connectivity index (χ2v) is 7.01. The molecule has 3 aromatic rings. The fourth-order valence-corrected chi connectivity index (χ4v) is 3.53. The molecular formula is C21H19Cl2N3O3. The fourth-order valence-electron chi connectivity index (χ4n) is 2.88. The lowest BCUT2D eigenvalue weighted by Gasteiger charge is -2.33. The average molecular weight is 432 g/mol. The van der Waals surface area contributed by atoms with Gasteiger partial charge < -0.3 is 4.74 Å². The molecule has 0 aliphatic carbocycles. The smallest absolute Gasteiger partial charge is 0.274 e. The van der Waals surface area contributed by atoms with Crippen LogP contribution in [0.25, 0.3) is 0 Å². The maximum atomic E-state index is 12.5. The van der Waals surface area contributed by atoms with Gasteiger partial charge in [0.15, 0.2) is 0 Å². The summed E-state index contributed by atoms with van der Waals surface area (Å²) in [7, 11) is 1.46. The van der Waals surface area contributed by atoms with E-state index in [0.717, 1.165) is 5.56 Å². The van der Waals surface area contributed by atoms with E-state index in [1.165, 1.54) is 19.5 Å². The highest BCUT2D eigenvalue weighted by Crippen LogP contribution is 2.39. The minimum Gasteiger partial charge on any atom is -0.347 e. The molecule has 1 N–H and O–H groups in total. The molecule has 0 fully saturated rings. The molecule has 1 aromatic carbocycles. The van der Waals surface area contributed by atoms with Crippen LogP contribution in [0.4, 0.5) is 0 Å². The van der Waals surface area contributed by atoms with E-state index in [2.05, 4.69) is 15.4 Å². The number of ether oxygens (including phenoxy) is 1. The fraction of sp³-hybridized carbons (Fsp3) is 0.190. The van der Waals surface area contributed by atoms with Crippen LogP contribution in [0.2, 0.25) is 10.0 Å². The number of aromatic nitrogens is 2. The molecule has 0 aliphatic rings. The first-order valence-electron chi connectivity index (χ1n) is 8.82. The molecule has 150 valence electrons. The maximum Gasteiger partial charge on any atom is 0.274 e. The maximum absolute atomic E-state index is 12.5. The number of carbonyl (C=O) groups excluding carboxylic acids is 1. The Morgan fingerprint density at radius 2 is 1.76 bits per heavy atom. The van der Waals surface area contributed by atoms with Crippen molar-refractivity contribution in [1.29, 1.82) is 0 Å². The van der Waals surface area contributed by atoms with Crippen molar-refractivity contribution in [1.82, 2.24) is 15.4 Å². The first-order chi connectivity index (χ1) is 14.1. The Bertz CT molecular complexity index is 938. The Kier molecular flexibility index (Phi) is 7.17. The van der Waals surface area contributed by atoms with E-state index in [4.69, 9.17) is 32.8 Å². The molecule has 0 bridgehead atoms. The summed E-state index contributed by atoms with van der Waals surface area (Å²) in [5, 5.41) is 0.527. The van der Waals surface area contributed by atoms with Crippen LogP contribution in [-0.2, 0) is 21.8 Å². The van der Waals surface area contributed by atoms with Crippen LogP contribution in [0, 0.1) is 0 Å². The van der Waals surface area contributed by atoms with Crippen LogP contribution in [-0.4, -0.2) is 23.0 Å². The summed E-state index contributed by atoms with van der Waals surface area (Å²) in [5.74, 6) is -1.85. The first kappa shape index (κ1) is 21.2. The normalized spacial score (nSPS) is 12.9. The molecule has 29 heavy (non-hydrogen) atoms. The number of carbonyl (C=O) groups is 1. The molecule has 8 heteroatoms. The van der Waals surface area contributed by atoms with Crippen LogP contribution in [0.5, 0.6) is 0 Å². The summed E-state index contributed by atoms with van der Waals surface area (Å²) >= 11 is 12.7. The highest BCUT2D eigenvalue weighted by Gasteiger charge is 2.39. The van der Waals surface area contributed by atoms with E-state index >= 15 is 0 Å². The summed E-state index contributed by atoms with van der Waals surface area (Å²) in [4.78, 5) is 26.4. The van der Waals surface area contributed by atoms with Gasteiger partial charge in [-0.15, -0.1) is 0 Å². The lowest BCUT2D eigenvalue weighted by Crippen LogP contribution is -2.41. The molecule has 1 atom stereocenters. The molecule has 0 radical (unpaired) electrons. The van der Waals surface area contributed by atoms with Crippen molar-refractivity contribution in [2.45, 2.75) is 18.6 Å². The number of rotatable bonds is 8. The van der Waals surface area contributed by atoms with Crippen molar-refractivity contribution in [2.75, 3.05) is 7.11 Å². The number of methoxy groups -OCH3 is 1.